The highest BCUT2D eigenvalue weighted by molar-refractivity contribution is 9.10. The molecule has 0 saturated heterocycles. The van der Waals surface area contributed by atoms with Gasteiger partial charge in [0.2, 0.25) is 0 Å². The van der Waals surface area contributed by atoms with Crippen LogP contribution in [0.15, 0.2) is 22.7 Å². The summed E-state index contributed by atoms with van der Waals surface area (Å²) in [5.41, 5.74) is 2.62. The van der Waals surface area contributed by atoms with E-state index in [2.05, 4.69) is 48.0 Å². The highest BCUT2D eigenvalue weighted by Crippen LogP contribution is 2.15. The van der Waals surface area contributed by atoms with Crippen molar-refractivity contribution < 1.29 is 0 Å². The summed E-state index contributed by atoms with van der Waals surface area (Å²) in [6.07, 6.45) is 0. The van der Waals surface area contributed by atoms with E-state index in [9.17, 15) is 0 Å². The van der Waals surface area contributed by atoms with Crippen LogP contribution in [0.2, 0.25) is 0 Å². The first-order valence-electron chi connectivity index (χ1n) is 3.93. The van der Waals surface area contributed by atoms with Crippen molar-refractivity contribution in [2.45, 2.75) is 27.7 Å². The predicted octanol–water partition coefficient (Wildman–Crippen LogP) is 4.09. The molecule has 1 rings (SSSR count). The molecule has 0 nitrogen and oxygen atoms in total. The van der Waals surface area contributed by atoms with Gasteiger partial charge in [-0.3, -0.25) is 0 Å². The van der Waals surface area contributed by atoms with Gasteiger partial charge < -0.3 is 0 Å². The van der Waals surface area contributed by atoms with Gasteiger partial charge in [0.1, 0.15) is 0 Å². The Kier molecular flexibility index (Phi) is 5.22. The molecule has 0 saturated carbocycles. The Labute approximate surface area is 77.8 Å². The van der Waals surface area contributed by atoms with Crippen LogP contribution in [0.5, 0.6) is 0 Å². The fourth-order valence-corrected chi connectivity index (χ4v) is 1.04. The molecule has 0 heterocycles. The summed E-state index contributed by atoms with van der Waals surface area (Å²) in [5.74, 6) is 0. The zero-order valence-electron chi connectivity index (χ0n) is 7.61. The first-order valence-corrected chi connectivity index (χ1v) is 4.72. The number of aryl methyl sites for hydroxylation is 2. The van der Waals surface area contributed by atoms with Crippen LogP contribution in [0.4, 0.5) is 0 Å². The zero-order chi connectivity index (χ0) is 8.85. The third-order valence-corrected chi connectivity index (χ3v) is 2.20. The number of benzene rings is 1. The molecule has 0 atom stereocenters. The molecule has 0 spiro atoms. The topological polar surface area (TPSA) is 0 Å². The first-order chi connectivity index (χ1) is 5.20. The van der Waals surface area contributed by atoms with E-state index in [0.717, 1.165) is 0 Å². The molecule has 1 aromatic rings. The van der Waals surface area contributed by atoms with Crippen molar-refractivity contribution >= 4 is 15.9 Å². The molecule has 0 fully saturated rings. The lowest BCUT2D eigenvalue weighted by molar-refractivity contribution is 1.36. The Morgan fingerprint density at radius 3 is 2.00 bits per heavy atom. The molecule has 1 heteroatoms. The number of halogens is 1. The summed E-state index contributed by atoms with van der Waals surface area (Å²) >= 11 is 3.43. The average molecular weight is 215 g/mol. The van der Waals surface area contributed by atoms with E-state index in [1.54, 1.807) is 0 Å². The van der Waals surface area contributed by atoms with Crippen molar-refractivity contribution in [1.82, 2.24) is 0 Å². The van der Waals surface area contributed by atoms with Gasteiger partial charge in [-0.25, -0.2) is 0 Å². The molecule has 0 bridgehead atoms. The summed E-state index contributed by atoms with van der Waals surface area (Å²) in [6, 6.07) is 6.33. The molecule has 62 valence electrons. The quantitative estimate of drug-likeness (QED) is 0.611. The lowest BCUT2D eigenvalue weighted by atomic mass is 10.2. The maximum atomic E-state index is 3.43. The number of hydrogen-bond donors (Lipinski definition) is 0. The maximum absolute atomic E-state index is 3.43. The molecule has 0 N–H and O–H groups in total. The van der Waals surface area contributed by atoms with Crippen LogP contribution in [0, 0.1) is 13.8 Å². The molecular formula is C10H15Br. The van der Waals surface area contributed by atoms with Gasteiger partial charge in [0.25, 0.3) is 0 Å². The third-order valence-electron chi connectivity index (χ3n) is 1.31. The Morgan fingerprint density at radius 2 is 1.64 bits per heavy atom. The van der Waals surface area contributed by atoms with Gasteiger partial charge in [-0.15, -0.1) is 0 Å². The molecular weight excluding hydrogens is 200 g/mol. The average Bonchev–Trinajstić information content (AvgIpc) is 2.02. The molecule has 0 amide bonds. The van der Waals surface area contributed by atoms with Gasteiger partial charge in [0, 0.05) is 4.47 Å². The molecule has 0 aliphatic carbocycles. The minimum atomic E-state index is 1.19. The largest absolute Gasteiger partial charge is 0.0683 e. The maximum Gasteiger partial charge on any atom is 0.0204 e. The van der Waals surface area contributed by atoms with Crippen molar-refractivity contribution in [1.29, 1.82) is 0 Å². The van der Waals surface area contributed by atoms with Crippen LogP contribution >= 0.6 is 15.9 Å². The third kappa shape index (κ3) is 3.57. The molecule has 0 aliphatic heterocycles. The molecule has 0 aliphatic rings. The van der Waals surface area contributed by atoms with Crippen molar-refractivity contribution in [2.75, 3.05) is 0 Å². The lowest BCUT2D eigenvalue weighted by Crippen LogP contribution is -1.75. The van der Waals surface area contributed by atoms with Gasteiger partial charge in [-0.1, -0.05) is 47.5 Å². The van der Waals surface area contributed by atoms with Gasteiger partial charge >= 0.3 is 0 Å². The van der Waals surface area contributed by atoms with E-state index in [4.69, 9.17) is 0 Å². The van der Waals surface area contributed by atoms with E-state index < -0.39 is 0 Å². The fourth-order valence-electron chi connectivity index (χ4n) is 0.795. The number of rotatable bonds is 0. The Morgan fingerprint density at radius 1 is 1.09 bits per heavy atom. The second kappa shape index (κ2) is 5.36. The predicted molar refractivity (Wildman–Crippen MR) is 55.0 cm³/mol. The van der Waals surface area contributed by atoms with E-state index in [1.165, 1.54) is 15.6 Å². The molecule has 0 unspecified atom stereocenters. The van der Waals surface area contributed by atoms with E-state index >= 15 is 0 Å². The summed E-state index contributed by atoms with van der Waals surface area (Å²) < 4.78 is 1.19. The Hall–Kier alpha value is -0.300. The molecule has 0 radical (unpaired) electrons. The second-order valence-electron chi connectivity index (χ2n) is 2.25. The second-order valence-corrected chi connectivity index (χ2v) is 3.11. The van der Waals surface area contributed by atoms with E-state index in [1.807, 2.05) is 13.8 Å². The van der Waals surface area contributed by atoms with Crippen molar-refractivity contribution in [3.8, 4) is 0 Å². The summed E-state index contributed by atoms with van der Waals surface area (Å²) in [7, 11) is 0. The first kappa shape index (κ1) is 10.7. The molecule has 1 aromatic carbocycles. The minimum absolute atomic E-state index is 1.19. The summed E-state index contributed by atoms with van der Waals surface area (Å²) in [4.78, 5) is 0. The van der Waals surface area contributed by atoms with Crippen molar-refractivity contribution in [3.05, 3.63) is 33.8 Å². The molecule has 11 heavy (non-hydrogen) atoms. The normalized spacial score (nSPS) is 8.45. The van der Waals surface area contributed by atoms with Gasteiger partial charge in [-0.2, -0.15) is 0 Å². The van der Waals surface area contributed by atoms with E-state index in [-0.39, 0.29) is 0 Å². The SMILES string of the molecule is CC.Cc1ccc(Br)c(C)c1. The molecule has 0 aromatic heterocycles. The van der Waals surface area contributed by atoms with Gasteiger partial charge in [0.15, 0.2) is 0 Å². The van der Waals surface area contributed by atoms with Crippen LogP contribution in [-0.4, -0.2) is 0 Å². The number of hydrogen-bond acceptors (Lipinski definition) is 0. The van der Waals surface area contributed by atoms with Crippen LogP contribution in [0.1, 0.15) is 25.0 Å². The Bertz CT molecular complexity index is 216. The standard InChI is InChI=1S/C8H9Br.C2H6/c1-6-3-4-8(9)7(2)5-6;1-2/h3-5H,1-2H3;1-2H3. The van der Waals surface area contributed by atoms with Crippen LogP contribution in [-0.2, 0) is 0 Å². The highest BCUT2D eigenvalue weighted by atomic mass is 79.9. The fraction of sp³-hybridized carbons (Fsp3) is 0.400. The zero-order valence-corrected chi connectivity index (χ0v) is 9.20. The van der Waals surface area contributed by atoms with Gasteiger partial charge in [-0.05, 0) is 25.5 Å². The van der Waals surface area contributed by atoms with Crippen LogP contribution in [0.3, 0.4) is 0 Å². The van der Waals surface area contributed by atoms with Gasteiger partial charge in [0.05, 0.1) is 0 Å². The highest BCUT2D eigenvalue weighted by Gasteiger charge is 1.90. The van der Waals surface area contributed by atoms with Crippen molar-refractivity contribution in [2.24, 2.45) is 0 Å². The monoisotopic (exact) mass is 214 g/mol. The minimum Gasteiger partial charge on any atom is -0.0683 e. The summed E-state index contributed by atoms with van der Waals surface area (Å²) in [5, 5.41) is 0. The smallest absolute Gasteiger partial charge is 0.0204 e. The van der Waals surface area contributed by atoms with Crippen LogP contribution < -0.4 is 0 Å². The summed E-state index contributed by atoms with van der Waals surface area (Å²) in [6.45, 7) is 8.19. The van der Waals surface area contributed by atoms with E-state index in [0.29, 0.717) is 0 Å². The Balaban J connectivity index is 0.000000461. The van der Waals surface area contributed by atoms with Crippen molar-refractivity contribution in [3.63, 3.8) is 0 Å². The van der Waals surface area contributed by atoms with Crippen LogP contribution in [0.25, 0.3) is 0 Å². The lowest BCUT2D eigenvalue weighted by Gasteiger charge is -1.96.